The highest BCUT2D eigenvalue weighted by atomic mass is 19.2. The molecule has 5 nitrogen and oxygen atoms in total. The zero-order chi connectivity index (χ0) is 16.9. The lowest BCUT2D eigenvalue weighted by Gasteiger charge is -2.33. The van der Waals surface area contributed by atoms with Gasteiger partial charge in [0.1, 0.15) is 6.10 Å². The molecule has 0 radical (unpaired) electrons. The fraction of sp³-hybridized carbons (Fsp3) is 0.294. The van der Waals surface area contributed by atoms with Crippen molar-refractivity contribution in [2.45, 2.75) is 12.6 Å². The molecule has 3 rings (SSSR count). The molecule has 2 heterocycles. The first-order valence-electron chi connectivity index (χ1n) is 7.62. The van der Waals surface area contributed by atoms with Gasteiger partial charge in [0.2, 0.25) is 0 Å². The molecule has 0 aliphatic carbocycles. The van der Waals surface area contributed by atoms with Crippen LogP contribution in [-0.2, 0) is 11.3 Å². The van der Waals surface area contributed by atoms with Crippen molar-refractivity contribution < 1.29 is 18.3 Å². The Kier molecular flexibility index (Phi) is 5.00. The molecule has 1 aromatic carbocycles. The summed E-state index contributed by atoms with van der Waals surface area (Å²) in [5, 5.41) is 2.82. The van der Waals surface area contributed by atoms with Crippen molar-refractivity contribution in [1.29, 1.82) is 0 Å². The second kappa shape index (κ2) is 7.35. The Morgan fingerprint density at radius 2 is 2.21 bits per heavy atom. The van der Waals surface area contributed by atoms with Crippen LogP contribution < -0.4 is 5.32 Å². The highest BCUT2D eigenvalue weighted by molar-refractivity contribution is 5.74. The molecule has 1 aromatic heterocycles. The summed E-state index contributed by atoms with van der Waals surface area (Å²) in [7, 11) is 0. The number of carbonyl (C=O) groups excluding carboxylic acids is 1. The minimum absolute atomic E-state index is 0.227. The van der Waals surface area contributed by atoms with E-state index in [1.807, 2.05) is 6.07 Å². The van der Waals surface area contributed by atoms with E-state index in [0.717, 1.165) is 17.7 Å². The monoisotopic (exact) mass is 333 g/mol. The molecule has 0 saturated carbocycles. The van der Waals surface area contributed by atoms with Gasteiger partial charge in [0.25, 0.3) is 0 Å². The van der Waals surface area contributed by atoms with Crippen molar-refractivity contribution in [2.24, 2.45) is 0 Å². The Balaban J connectivity index is 1.60. The second-order valence-electron chi connectivity index (χ2n) is 5.50. The van der Waals surface area contributed by atoms with Crippen molar-refractivity contribution in [2.75, 3.05) is 19.7 Å². The van der Waals surface area contributed by atoms with Gasteiger partial charge in [-0.1, -0.05) is 12.1 Å². The quantitative estimate of drug-likeness (QED) is 0.939. The molecule has 2 aromatic rings. The number of urea groups is 1. The molecule has 1 atom stereocenters. The van der Waals surface area contributed by atoms with Crippen LogP contribution in [0.2, 0.25) is 0 Å². The molecule has 0 unspecified atom stereocenters. The van der Waals surface area contributed by atoms with E-state index in [4.69, 9.17) is 4.74 Å². The molecule has 1 fully saturated rings. The van der Waals surface area contributed by atoms with Gasteiger partial charge in [0, 0.05) is 25.5 Å². The number of nitrogens with zero attached hydrogens (tertiary/aromatic N) is 2. The third-order valence-corrected chi connectivity index (χ3v) is 3.84. The summed E-state index contributed by atoms with van der Waals surface area (Å²) in [4.78, 5) is 17.9. The van der Waals surface area contributed by atoms with E-state index in [9.17, 15) is 13.6 Å². The number of halogens is 2. The number of benzene rings is 1. The lowest BCUT2D eigenvalue weighted by molar-refractivity contribution is -0.0156. The zero-order valence-corrected chi connectivity index (χ0v) is 12.9. The minimum Gasteiger partial charge on any atom is -0.370 e. The fourth-order valence-corrected chi connectivity index (χ4v) is 2.54. The lowest BCUT2D eigenvalue weighted by Crippen LogP contribution is -2.47. The molecule has 1 aliphatic heterocycles. The first kappa shape index (κ1) is 16.3. The second-order valence-corrected chi connectivity index (χ2v) is 5.50. The predicted octanol–water partition coefficient (Wildman–Crippen LogP) is 2.64. The van der Waals surface area contributed by atoms with Gasteiger partial charge in [0.05, 0.1) is 13.2 Å². The summed E-state index contributed by atoms with van der Waals surface area (Å²) in [6.07, 6.45) is 2.88. The van der Waals surface area contributed by atoms with Gasteiger partial charge in [-0.05, 0) is 29.3 Å². The van der Waals surface area contributed by atoms with Crippen molar-refractivity contribution in [1.82, 2.24) is 15.2 Å². The van der Waals surface area contributed by atoms with E-state index < -0.39 is 17.7 Å². The van der Waals surface area contributed by atoms with E-state index in [1.165, 1.54) is 6.07 Å². The molecule has 2 amide bonds. The summed E-state index contributed by atoms with van der Waals surface area (Å²) < 4.78 is 32.0. The third-order valence-electron chi connectivity index (χ3n) is 3.84. The van der Waals surface area contributed by atoms with E-state index in [2.05, 4.69) is 10.3 Å². The summed E-state index contributed by atoms with van der Waals surface area (Å²) in [6, 6.07) is 7.09. The summed E-state index contributed by atoms with van der Waals surface area (Å²) in [6.45, 7) is 1.44. The maximum Gasteiger partial charge on any atom is 0.317 e. The van der Waals surface area contributed by atoms with Crippen molar-refractivity contribution in [3.63, 3.8) is 0 Å². The third kappa shape index (κ3) is 3.86. The molecule has 0 bridgehead atoms. The number of amides is 2. The van der Waals surface area contributed by atoms with Crippen LogP contribution in [0, 0.1) is 11.6 Å². The molecule has 0 spiro atoms. The van der Waals surface area contributed by atoms with Crippen LogP contribution >= 0.6 is 0 Å². The minimum atomic E-state index is -0.922. The van der Waals surface area contributed by atoms with Gasteiger partial charge in [-0.3, -0.25) is 4.98 Å². The van der Waals surface area contributed by atoms with Gasteiger partial charge in [-0.2, -0.15) is 0 Å². The molecule has 1 aliphatic rings. The molecule has 24 heavy (non-hydrogen) atoms. The summed E-state index contributed by atoms with van der Waals surface area (Å²) >= 11 is 0. The SMILES string of the molecule is O=C(NCc1cccnc1)N1CCO[C@H](c2ccc(F)c(F)c2)C1. The maximum absolute atomic E-state index is 13.4. The molecule has 126 valence electrons. The number of nitrogens with one attached hydrogen (secondary N) is 1. The highest BCUT2D eigenvalue weighted by Crippen LogP contribution is 2.23. The molecular weight excluding hydrogens is 316 g/mol. The van der Waals surface area contributed by atoms with Crippen LogP contribution in [0.25, 0.3) is 0 Å². The van der Waals surface area contributed by atoms with Crippen LogP contribution in [-0.4, -0.2) is 35.6 Å². The molecule has 1 N–H and O–H groups in total. The van der Waals surface area contributed by atoms with Crippen LogP contribution in [0.3, 0.4) is 0 Å². The Hall–Kier alpha value is -2.54. The number of rotatable bonds is 3. The van der Waals surface area contributed by atoms with Crippen LogP contribution in [0.5, 0.6) is 0 Å². The van der Waals surface area contributed by atoms with Gasteiger partial charge >= 0.3 is 6.03 Å². The Morgan fingerprint density at radius 3 is 2.96 bits per heavy atom. The molecule has 7 heteroatoms. The van der Waals surface area contributed by atoms with E-state index in [1.54, 1.807) is 23.4 Å². The maximum atomic E-state index is 13.4. The number of carbonyl (C=O) groups is 1. The van der Waals surface area contributed by atoms with E-state index in [0.29, 0.717) is 25.3 Å². The lowest BCUT2D eigenvalue weighted by atomic mass is 10.1. The number of hydrogen-bond donors (Lipinski definition) is 1. The number of aromatic nitrogens is 1. The van der Waals surface area contributed by atoms with Gasteiger partial charge in [-0.15, -0.1) is 0 Å². The Morgan fingerprint density at radius 1 is 1.33 bits per heavy atom. The van der Waals surface area contributed by atoms with Gasteiger partial charge < -0.3 is 15.0 Å². The average molecular weight is 333 g/mol. The predicted molar refractivity (Wildman–Crippen MR) is 83.1 cm³/mol. The first-order chi connectivity index (χ1) is 11.6. The normalized spacial score (nSPS) is 17.6. The van der Waals surface area contributed by atoms with E-state index >= 15 is 0 Å². The average Bonchev–Trinajstić information content (AvgIpc) is 2.63. The molecular formula is C17H17F2N3O2. The van der Waals surface area contributed by atoms with Gasteiger partial charge in [-0.25, -0.2) is 13.6 Å². The number of morpholine rings is 1. The van der Waals surface area contributed by atoms with Crippen molar-refractivity contribution in [3.05, 3.63) is 65.5 Å². The number of ether oxygens (including phenoxy) is 1. The van der Waals surface area contributed by atoms with Crippen LogP contribution in [0.4, 0.5) is 13.6 Å². The smallest absolute Gasteiger partial charge is 0.317 e. The highest BCUT2D eigenvalue weighted by Gasteiger charge is 2.26. The van der Waals surface area contributed by atoms with E-state index in [-0.39, 0.29) is 12.6 Å². The molecule has 1 saturated heterocycles. The summed E-state index contributed by atoms with van der Waals surface area (Å²) in [5.41, 5.74) is 1.41. The number of pyridine rings is 1. The van der Waals surface area contributed by atoms with Crippen LogP contribution in [0.15, 0.2) is 42.7 Å². The summed E-state index contributed by atoms with van der Waals surface area (Å²) in [5.74, 6) is -1.82. The topological polar surface area (TPSA) is 54.5 Å². The standard InChI is InChI=1S/C17H17F2N3O2/c18-14-4-3-13(8-15(14)19)16-11-22(6-7-24-16)17(23)21-10-12-2-1-5-20-9-12/h1-5,8-9,16H,6-7,10-11H2,(H,21,23)/t16-/m0/s1. The van der Waals surface area contributed by atoms with Gasteiger partial charge in [0.15, 0.2) is 11.6 Å². The zero-order valence-electron chi connectivity index (χ0n) is 12.9. The van der Waals surface area contributed by atoms with Crippen molar-refractivity contribution >= 4 is 6.03 Å². The number of hydrogen-bond acceptors (Lipinski definition) is 3. The van der Waals surface area contributed by atoms with Crippen molar-refractivity contribution in [3.8, 4) is 0 Å². The first-order valence-corrected chi connectivity index (χ1v) is 7.62. The fourth-order valence-electron chi connectivity index (χ4n) is 2.54. The van der Waals surface area contributed by atoms with Crippen LogP contribution in [0.1, 0.15) is 17.2 Å². The Bertz CT molecular complexity index is 712. The Labute approximate surface area is 138 Å². The largest absolute Gasteiger partial charge is 0.370 e.